The van der Waals surface area contributed by atoms with Crippen LogP contribution in [0.15, 0.2) is 0 Å². The van der Waals surface area contributed by atoms with Gasteiger partial charge in [-0.3, -0.25) is 0 Å². The molecule has 0 aromatic heterocycles. The predicted octanol–water partition coefficient (Wildman–Crippen LogP) is 8.19. The number of hydrogen-bond acceptors (Lipinski definition) is 1. The predicted molar refractivity (Wildman–Crippen MR) is 108 cm³/mol. The van der Waals surface area contributed by atoms with Crippen LogP contribution in [-0.2, 0) is 0 Å². The fourth-order valence-electron chi connectivity index (χ4n) is 6.00. The first-order chi connectivity index (χ1) is 12.2. The van der Waals surface area contributed by atoms with Gasteiger partial charge < -0.3 is 0 Å². The lowest BCUT2D eigenvalue weighted by molar-refractivity contribution is 0.0488. The van der Waals surface area contributed by atoms with E-state index in [1.807, 2.05) is 0 Å². The molecule has 1 heteroatoms. The van der Waals surface area contributed by atoms with Crippen LogP contribution in [0.4, 0.5) is 0 Å². The Hall–Kier alpha value is -0.510. The van der Waals surface area contributed by atoms with Gasteiger partial charge in [-0.25, -0.2) is 0 Å². The van der Waals surface area contributed by atoms with Gasteiger partial charge in [0.1, 0.15) is 0 Å². The van der Waals surface area contributed by atoms with E-state index in [1.165, 1.54) is 116 Å². The van der Waals surface area contributed by atoms with E-state index >= 15 is 0 Å². The Morgan fingerprint density at radius 3 is 1.92 bits per heavy atom. The molecule has 2 rings (SSSR count). The van der Waals surface area contributed by atoms with Crippen molar-refractivity contribution in [3.05, 3.63) is 0 Å². The molecule has 0 saturated heterocycles. The standard InChI is InChI=1S/C24H43N/c1-3-5-9-14-23(15-10-7-11-16-23)20-22(21-25)24(17-6-4-2)18-12-8-13-19-24/h22H,3-20H2,1-2H3. The van der Waals surface area contributed by atoms with Crippen molar-refractivity contribution in [1.82, 2.24) is 0 Å². The van der Waals surface area contributed by atoms with Crippen molar-refractivity contribution < 1.29 is 0 Å². The summed E-state index contributed by atoms with van der Waals surface area (Å²) in [6.07, 6.45) is 24.4. The van der Waals surface area contributed by atoms with Crippen LogP contribution in [0.5, 0.6) is 0 Å². The molecule has 0 bridgehead atoms. The molecule has 2 fully saturated rings. The normalized spacial score (nSPS) is 23.7. The Morgan fingerprint density at radius 1 is 0.760 bits per heavy atom. The maximum Gasteiger partial charge on any atom is 0.0661 e. The first kappa shape index (κ1) is 20.8. The fraction of sp³-hybridized carbons (Fsp3) is 0.958. The molecule has 25 heavy (non-hydrogen) atoms. The maximum atomic E-state index is 10.2. The highest BCUT2D eigenvalue weighted by Gasteiger charge is 2.44. The van der Waals surface area contributed by atoms with Gasteiger partial charge in [-0.2, -0.15) is 5.26 Å². The average Bonchev–Trinajstić information content (AvgIpc) is 2.66. The van der Waals surface area contributed by atoms with E-state index in [2.05, 4.69) is 19.9 Å². The Labute approximate surface area is 158 Å². The zero-order valence-corrected chi connectivity index (χ0v) is 17.3. The Morgan fingerprint density at radius 2 is 1.36 bits per heavy atom. The van der Waals surface area contributed by atoms with Crippen LogP contribution in [0.1, 0.15) is 129 Å². The number of unbranched alkanes of at least 4 members (excludes halogenated alkanes) is 3. The third kappa shape index (κ3) is 5.74. The largest absolute Gasteiger partial charge is 0.198 e. The first-order valence-electron chi connectivity index (χ1n) is 11.6. The van der Waals surface area contributed by atoms with E-state index < -0.39 is 0 Å². The van der Waals surface area contributed by atoms with Crippen LogP contribution >= 0.6 is 0 Å². The van der Waals surface area contributed by atoms with E-state index in [9.17, 15) is 5.26 Å². The van der Waals surface area contributed by atoms with E-state index in [-0.39, 0.29) is 0 Å². The van der Waals surface area contributed by atoms with Crippen molar-refractivity contribution in [3.8, 4) is 6.07 Å². The molecule has 0 aromatic rings. The van der Waals surface area contributed by atoms with Crippen molar-refractivity contribution in [1.29, 1.82) is 5.26 Å². The summed E-state index contributed by atoms with van der Waals surface area (Å²) < 4.78 is 0. The summed E-state index contributed by atoms with van der Waals surface area (Å²) in [7, 11) is 0. The van der Waals surface area contributed by atoms with E-state index in [1.54, 1.807) is 0 Å². The van der Waals surface area contributed by atoms with Crippen LogP contribution in [0.2, 0.25) is 0 Å². The van der Waals surface area contributed by atoms with Gasteiger partial charge in [0, 0.05) is 0 Å². The molecule has 0 radical (unpaired) electrons. The molecule has 0 N–H and O–H groups in total. The molecule has 144 valence electrons. The van der Waals surface area contributed by atoms with E-state index in [0.29, 0.717) is 16.7 Å². The van der Waals surface area contributed by atoms with Gasteiger partial charge in [0.2, 0.25) is 0 Å². The Kier molecular flexibility index (Phi) is 8.81. The summed E-state index contributed by atoms with van der Waals surface area (Å²) >= 11 is 0. The van der Waals surface area contributed by atoms with Gasteiger partial charge in [0.05, 0.1) is 12.0 Å². The van der Waals surface area contributed by atoms with Crippen LogP contribution in [0.25, 0.3) is 0 Å². The minimum atomic E-state index is 0.319. The van der Waals surface area contributed by atoms with Crippen LogP contribution < -0.4 is 0 Å². The Bertz CT molecular complexity index is 393. The minimum Gasteiger partial charge on any atom is -0.198 e. The topological polar surface area (TPSA) is 23.8 Å². The molecule has 0 heterocycles. The summed E-state index contributed by atoms with van der Waals surface area (Å²) in [6.45, 7) is 4.62. The smallest absolute Gasteiger partial charge is 0.0661 e. The molecule has 2 aliphatic rings. The molecule has 0 amide bonds. The maximum absolute atomic E-state index is 10.2. The number of rotatable bonds is 10. The van der Waals surface area contributed by atoms with Gasteiger partial charge in [0.25, 0.3) is 0 Å². The first-order valence-corrected chi connectivity index (χ1v) is 11.6. The third-order valence-electron chi connectivity index (χ3n) is 7.63. The molecule has 0 aromatic carbocycles. The van der Waals surface area contributed by atoms with Crippen molar-refractivity contribution in [2.45, 2.75) is 129 Å². The highest BCUT2D eigenvalue weighted by molar-refractivity contribution is 5.02. The van der Waals surface area contributed by atoms with Gasteiger partial charge in [-0.1, -0.05) is 84.5 Å². The van der Waals surface area contributed by atoms with Gasteiger partial charge in [-0.15, -0.1) is 0 Å². The second-order valence-corrected chi connectivity index (χ2v) is 9.43. The van der Waals surface area contributed by atoms with Crippen molar-refractivity contribution in [3.63, 3.8) is 0 Å². The Balaban J connectivity index is 2.12. The van der Waals surface area contributed by atoms with Crippen molar-refractivity contribution in [2.24, 2.45) is 16.7 Å². The lowest BCUT2D eigenvalue weighted by Gasteiger charge is -2.46. The second-order valence-electron chi connectivity index (χ2n) is 9.43. The molecule has 1 nitrogen and oxygen atoms in total. The van der Waals surface area contributed by atoms with Crippen molar-refractivity contribution in [2.75, 3.05) is 0 Å². The summed E-state index contributed by atoms with van der Waals surface area (Å²) in [5.41, 5.74) is 0.864. The molecule has 1 unspecified atom stereocenters. The molecule has 0 spiro atoms. The lowest BCUT2D eigenvalue weighted by atomic mass is 9.57. The second kappa shape index (κ2) is 10.6. The zero-order chi connectivity index (χ0) is 18.0. The molecule has 2 saturated carbocycles. The zero-order valence-electron chi connectivity index (χ0n) is 17.3. The van der Waals surface area contributed by atoms with Gasteiger partial charge in [0.15, 0.2) is 0 Å². The van der Waals surface area contributed by atoms with E-state index in [4.69, 9.17) is 0 Å². The molecule has 2 aliphatic carbocycles. The summed E-state index contributed by atoms with van der Waals surface area (Å²) in [6, 6.07) is 2.88. The SMILES string of the molecule is CCCCCC1(CC(C#N)C2(CCCC)CCCCC2)CCCCC1. The fourth-order valence-corrected chi connectivity index (χ4v) is 6.00. The molecule has 1 atom stereocenters. The summed E-state index contributed by atoms with van der Waals surface area (Å²) in [4.78, 5) is 0. The lowest BCUT2D eigenvalue weighted by Crippen LogP contribution is -2.37. The highest BCUT2D eigenvalue weighted by Crippen LogP contribution is 2.53. The number of nitriles is 1. The van der Waals surface area contributed by atoms with Gasteiger partial charge >= 0.3 is 0 Å². The van der Waals surface area contributed by atoms with Gasteiger partial charge in [-0.05, 0) is 55.8 Å². The third-order valence-corrected chi connectivity index (χ3v) is 7.63. The number of hydrogen-bond donors (Lipinski definition) is 0. The van der Waals surface area contributed by atoms with Crippen molar-refractivity contribution >= 4 is 0 Å². The van der Waals surface area contributed by atoms with Crippen LogP contribution in [0, 0.1) is 28.1 Å². The van der Waals surface area contributed by atoms with Crippen LogP contribution in [-0.4, -0.2) is 0 Å². The quantitative estimate of drug-likeness (QED) is 0.366. The molecular formula is C24H43N. The van der Waals surface area contributed by atoms with E-state index in [0.717, 1.165) is 0 Å². The summed E-state index contributed by atoms with van der Waals surface area (Å²) in [5, 5.41) is 10.2. The molecular weight excluding hydrogens is 302 g/mol. The highest BCUT2D eigenvalue weighted by atomic mass is 14.5. The minimum absolute atomic E-state index is 0.319. The average molecular weight is 346 g/mol. The van der Waals surface area contributed by atoms with Crippen LogP contribution in [0.3, 0.4) is 0 Å². The number of nitrogens with zero attached hydrogens (tertiary/aromatic N) is 1. The summed E-state index contributed by atoms with van der Waals surface area (Å²) in [5.74, 6) is 0.319. The molecule has 0 aliphatic heterocycles. The monoisotopic (exact) mass is 345 g/mol.